The Kier molecular flexibility index (Phi) is 3.73. The quantitative estimate of drug-likeness (QED) is 0.792. The Hall–Kier alpha value is -2.80. The van der Waals surface area contributed by atoms with Crippen LogP contribution in [0, 0.1) is 5.82 Å². The summed E-state index contributed by atoms with van der Waals surface area (Å²) in [6.45, 7) is 0.190. The highest BCUT2D eigenvalue weighted by molar-refractivity contribution is 6.31. The van der Waals surface area contributed by atoms with E-state index in [0.29, 0.717) is 16.3 Å². The molecule has 2 atom stereocenters. The van der Waals surface area contributed by atoms with Crippen LogP contribution in [-0.2, 0) is 16.1 Å². The van der Waals surface area contributed by atoms with E-state index >= 15 is 0 Å². The van der Waals surface area contributed by atoms with Gasteiger partial charge in [-0.05, 0) is 42.0 Å². The van der Waals surface area contributed by atoms with Gasteiger partial charge in [0.15, 0.2) is 12.1 Å². The van der Waals surface area contributed by atoms with Crippen LogP contribution in [0.15, 0.2) is 58.9 Å². The lowest BCUT2D eigenvalue weighted by Crippen LogP contribution is -2.39. The van der Waals surface area contributed by atoms with Crippen LogP contribution < -0.4 is 4.90 Å². The first-order valence-electron chi connectivity index (χ1n) is 7.60. The van der Waals surface area contributed by atoms with Gasteiger partial charge in [-0.25, -0.2) is 9.29 Å². The largest absolute Gasteiger partial charge is 0.271 e. The number of nitrogens with zero attached hydrogens (tertiary/aromatic N) is 4. The minimum atomic E-state index is -0.878. The molecule has 8 heteroatoms. The molecule has 1 fully saturated rings. The average molecular weight is 359 g/mol. The molecule has 0 unspecified atom stereocenters. The van der Waals surface area contributed by atoms with E-state index in [1.165, 1.54) is 17.1 Å². The van der Waals surface area contributed by atoms with Crippen molar-refractivity contribution in [2.24, 2.45) is 10.3 Å². The van der Waals surface area contributed by atoms with Crippen molar-refractivity contribution in [2.75, 3.05) is 4.90 Å². The maximum absolute atomic E-state index is 13.4. The molecule has 126 valence electrons. The van der Waals surface area contributed by atoms with Gasteiger partial charge in [0.2, 0.25) is 0 Å². The summed E-state index contributed by atoms with van der Waals surface area (Å²) in [5.74, 6) is -1.21. The number of benzene rings is 2. The van der Waals surface area contributed by atoms with Crippen LogP contribution in [-0.4, -0.2) is 28.9 Å². The first kappa shape index (κ1) is 15.7. The van der Waals surface area contributed by atoms with Crippen LogP contribution in [0.5, 0.6) is 0 Å². The van der Waals surface area contributed by atoms with Crippen molar-refractivity contribution in [1.82, 2.24) is 5.01 Å². The third-order valence-electron chi connectivity index (χ3n) is 4.18. The number of anilines is 1. The number of fused-ring (bicyclic) bond motifs is 1. The second-order valence-corrected chi connectivity index (χ2v) is 6.25. The van der Waals surface area contributed by atoms with Gasteiger partial charge >= 0.3 is 0 Å². The van der Waals surface area contributed by atoms with Crippen molar-refractivity contribution >= 4 is 29.1 Å². The Labute approximate surface area is 147 Å². The van der Waals surface area contributed by atoms with E-state index in [1.807, 2.05) is 0 Å². The van der Waals surface area contributed by atoms with Crippen LogP contribution in [0.4, 0.5) is 10.1 Å². The highest BCUT2D eigenvalue weighted by Crippen LogP contribution is 2.33. The van der Waals surface area contributed by atoms with Gasteiger partial charge in [0.1, 0.15) is 5.82 Å². The van der Waals surface area contributed by atoms with E-state index in [-0.39, 0.29) is 12.4 Å². The zero-order valence-electron chi connectivity index (χ0n) is 12.8. The topological polar surface area (TPSA) is 65.3 Å². The first-order valence-corrected chi connectivity index (χ1v) is 7.97. The fourth-order valence-electron chi connectivity index (χ4n) is 3.02. The lowest BCUT2D eigenvalue weighted by molar-refractivity contribution is -0.123. The Morgan fingerprint density at radius 1 is 1.08 bits per heavy atom. The molecule has 2 heterocycles. The van der Waals surface area contributed by atoms with E-state index in [2.05, 4.69) is 10.3 Å². The van der Waals surface area contributed by atoms with Crippen molar-refractivity contribution in [2.45, 2.75) is 18.6 Å². The third kappa shape index (κ3) is 2.66. The second kappa shape index (κ2) is 5.93. The zero-order chi connectivity index (χ0) is 17.6. The molecule has 0 radical (unpaired) electrons. The van der Waals surface area contributed by atoms with Crippen molar-refractivity contribution in [3.05, 3.63) is 64.9 Å². The summed E-state index contributed by atoms with van der Waals surface area (Å²) in [7, 11) is 0. The summed E-state index contributed by atoms with van der Waals surface area (Å²) in [6, 6.07) is 10.7. The van der Waals surface area contributed by atoms with Crippen LogP contribution >= 0.6 is 11.6 Å². The average Bonchev–Trinajstić information content (AvgIpc) is 3.10. The van der Waals surface area contributed by atoms with Crippen molar-refractivity contribution in [1.29, 1.82) is 0 Å². The minimum Gasteiger partial charge on any atom is -0.271 e. The molecule has 6 nitrogen and oxygen atoms in total. The number of carbonyl (C=O) groups excluding carboxylic acids is 2. The summed E-state index contributed by atoms with van der Waals surface area (Å²) in [5.41, 5.74) is 1.08. The molecule has 0 spiro atoms. The SMILES string of the molecule is O=C1[C@H]2N=NN(Cc3cccc(F)c3)[C@@H]2C(=O)N1c1ccc(Cl)cc1. The van der Waals surface area contributed by atoms with Gasteiger partial charge in [0.05, 0.1) is 12.2 Å². The predicted octanol–water partition coefficient (Wildman–Crippen LogP) is 2.97. The molecule has 2 aromatic carbocycles. The Morgan fingerprint density at radius 2 is 1.84 bits per heavy atom. The Bertz CT molecular complexity index is 886. The Balaban J connectivity index is 1.60. The third-order valence-corrected chi connectivity index (χ3v) is 4.43. The molecular formula is C17H12ClFN4O2. The van der Waals surface area contributed by atoms with Crippen molar-refractivity contribution in [3.63, 3.8) is 0 Å². The molecule has 0 saturated carbocycles. The summed E-state index contributed by atoms with van der Waals surface area (Å²) in [5, 5.41) is 9.81. The molecular weight excluding hydrogens is 347 g/mol. The summed E-state index contributed by atoms with van der Waals surface area (Å²) < 4.78 is 13.4. The molecule has 0 aliphatic carbocycles. The second-order valence-electron chi connectivity index (χ2n) is 5.81. The molecule has 0 aromatic heterocycles. The van der Waals surface area contributed by atoms with Gasteiger partial charge in [-0.3, -0.25) is 14.6 Å². The maximum atomic E-state index is 13.4. The van der Waals surface area contributed by atoms with Crippen LogP contribution in [0.25, 0.3) is 0 Å². The van der Waals surface area contributed by atoms with E-state index in [0.717, 1.165) is 4.90 Å². The number of hydrogen-bond acceptors (Lipinski definition) is 5. The molecule has 2 aliphatic rings. The molecule has 4 rings (SSSR count). The predicted molar refractivity (Wildman–Crippen MR) is 88.3 cm³/mol. The molecule has 2 amide bonds. The molecule has 2 aromatic rings. The van der Waals surface area contributed by atoms with Crippen LogP contribution in [0.3, 0.4) is 0 Å². The smallest absolute Gasteiger partial charge is 0.263 e. The standard InChI is InChI=1S/C17H12ClFN4O2/c18-11-4-6-13(7-5-11)23-16(24)14-15(17(23)25)22(21-20-14)9-10-2-1-3-12(19)8-10/h1-8,14-15H,9H2/t14-,15-/m0/s1. The molecule has 0 N–H and O–H groups in total. The lowest BCUT2D eigenvalue weighted by atomic mass is 10.1. The normalized spacial score (nSPS) is 22.0. The number of rotatable bonds is 3. The Morgan fingerprint density at radius 3 is 2.56 bits per heavy atom. The lowest BCUT2D eigenvalue weighted by Gasteiger charge is -2.20. The van der Waals surface area contributed by atoms with Crippen molar-refractivity contribution in [3.8, 4) is 0 Å². The molecule has 2 aliphatic heterocycles. The zero-order valence-corrected chi connectivity index (χ0v) is 13.6. The van der Waals surface area contributed by atoms with E-state index in [4.69, 9.17) is 11.6 Å². The van der Waals surface area contributed by atoms with Gasteiger partial charge in [-0.15, -0.1) is 0 Å². The van der Waals surface area contributed by atoms with E-state index < -0.39 is 23.9 Å². The first-order chi connectivity index (χ1) is 12.0. The van der Waals surface area contributed by atoms with Crippen molar-refractivity contribution < 1.29 is 14.0 Å². The fraction of sp³-hybridized carbons (Fsp3) is 0.176. The van der Waals surface area contributed by atoms with Crippen LogP contribution in [0.1, 0.15) is 5.56 Å². The summed E-state index contributed by atoms with van der Waals surface area (Å²) in [6.07, 6.45) is 0. The van der Waals surface area contributed by atoms with Gasteiger partial charge < -0.3 is 0 Å². The molecule has 0 bridgehead atoms. The van der Waals surface area contributed by atoms with E-state index in [1.54, 1.807) is 36.4 Å². The van der Waals surface area contributed by atoms with Gasteiger partial charge in [-0.2, -0.15) is 5.11 Å². The number of hydrogen-bond donors (Lipinski definition) is 0. The van der Waals surface area contributed by atoms with E-state index in [9.17, 15) is 14.0 Å². The minimum absolute atomic E-state index is 0.190. The summed E-state index contributed by atoms with van der Waals surface area (Å²) in [4.78, 5) is 26.5. The maximum Gasteiger partial charge on any atom is 0.263 e. The number of imide groups is 1. The summed E-state index contributed by atoms with van der Waals surface area (Å²) >= 11 is 5.85. The number of carbonyl (C=O) groups is 2. The number of amides is 2. The fourth-order valence-corrected chi connectivity index (χ4v) is 3.15. The highest BCUT2D eigenvalue weighted by atomic mass is 35.5. The van der Waals surface area contributed by atoms with Crippen LogP contribution in [0.2, 0.25) is 5.02 Å². The van der Waals surface area contributed by atoms with Gasteiger partial charge in [0, 0.05) is 5.02 Å². The van der Waals surface area contributed by atoms with Gasteiger partial charge in [-0.1, -0.05) is 29.0 Å². The number of halogens is 2. The molecule has 1 saturated heterocycles. The van der Waals surface area contributed by atoms with Gasteiger partial charge in [0.25, 0.3) is 11.8 Å². The monoisotopic (exact) mass is 358 g/mol. The highest BCUT2D eigenvalue weighted by Gasteiger charge is 2.54. The molecule has 25 heavy (non-hydrogen) atoms.